The molecule has 21 heavy (non-hydrogen) atoms. The van der Waals surface area contributed by atoms with E-state index in [1.54, 1.807) is 0 Å². The number of carbonyl (C=O) groups excluding carboxylic acids is 1. The van der Waals surface area contributed by atoms with Crippen LogP contribution in [0.4, 0.5) is 5.69 Å². The van der Waals surface area contributed by atoms with E-state index in [1.807, 2.05) is 31.2 Å². The number of carbonyl (C=O) groups is 2. The third-order valence-corrected chi connectivity index (χ3v) is 2.99. The average molecular weight is 284 g/mol. The standard InChI is InChI=1S/C16H16N2O3/c1-11-3-2-4-12(7-11)5-6-15(19)18-14-8-13(16(20)21)9-17-10-14/h2-4,7-10H,5-6H2,1H3,(H,18,19)(H,20,21). The molecule has 2 aromatic rings. The molecule has 0 fully saturated rings. The van der Waals surface area contributed by atoms with Gasteiger partial charge in [-0.25, -0.2) is 4.79 Å². The highest BCUT2D eigenvalue weighted by Crippen LogP contribution is 2.11. The number of nitrogens with one attached hydrogen (secondary N) is 1. The number of anilines is 1. The van der Waals surface area contributed by atoms with Crippen molar-refractivity contribution >= 4 is 17.6 Å². The Hall–Kier alpha value is -2.69. The van der Waals surface area contributed by atoms with Crippen LogP contribution in [0.15, 0.2) is 42.7 Å². The Labute approximate surface area is 122 Å². The molecule has 0 unspecified atom stereocenters. The molecule has 5 nitrogen and oxygen atoms in total. The number of carboxylic acids is 1. The summed E-state index contributed by atoms with van der Waals surface area (Å²) in [6, 6.07) is 9.38. The molecule has 0 aliphatic rings. The number of aryl methyl sites for hydroxylation is 2. The second-order valence-electron chi connectivity index (χ2n) is 4.80. The molecule has 0 aliphatic heterocycles. The van der Waals surface area contributed by atoms with E-state index < -0.39 is 5.97 Å². The molecule has 1 aromatic carbocycles. The van der Waals surface area contributed by atoms with Crippen LogP contribution in [-0.2, 0) is 11.2 Å². The SMILES string of the molecule is Cc1cccc(CCC(=O)Nc2cncc(C(=O)O)c2)c1. The maximum absolute atomic E-state index is 11.9. The van der Waals surface area contributed by atoms with Crippen molar-refractivity contribution in [1.29, 1.82) is 0 Å². The van der Waals surface area contributed by atoms with Gasteiger partial charge in [-0.05, 0) is 25.0 Å². The fourth-order valence-corrected chi connectivity index (χ4v) is 1.97. The summed E-state index contributed by atoms with van der Waals surface area (Å²) < 4.78 is 0. The topological polar surface area (TPSA) is 79.3 Å². The Morgan fingerprint density at radius 1 is 1.24 bits per heavy atom. The van der Waals surface area contributed by atoms with Crippen LogP contribution in [0, 0.1) is 6.92 Å². The first-order chi connectivity index (χ1) is 10.0. The molecule has 0 bridgehead atoms. The predicted octanol–water partition coefficient (Wildman–Crippen LogP) is 2.66. The van der Waals surface area contributed by atoms with Gasteiger partial charge in [0.1, 0.15) is 0 Å². The Bertz CT molecular complexity index is 668. The second-order valence-corrected chi connectivity index (χ2v) is 4.80. The van der Waals surface area contributed by atoms with E-state index in [2.05, 4.69) is 10.3 Å². The van der Waals surface area contributed by atoms with Gasteiger partial charge in [0.05, 0.1) is 17.4 Å². The summed E-state index contributed by atoms with van der Waals surface area (Å²) in [4.78, 5) is 26.5. The van der Waals surface area contributed by atoms with Gasteiger partial charge in [-0.2, -0.15) is 0 Å². The number of rotatable bonds is 5. The van der Waals surface area contributed by atoms with Crippen LogP contribution in [-0.4, -0.2) is 22.0 Å². The second kappa shape index (κ2) is 6.65. The van der Waals surface area contributed by atoms with Crippen molar-refractivity contribution in [3.05, 3.63) is 59.4 Å². The van der Waals surface area contributed by atoms with Crippen LogP contribution in [0.3, 0.4) is 0 Å². The van der Waals surface area contributed by atoms with Crippen molar-refractivity contribution < 1.29 is 14.7 Å². The highest BCUT2D eigenvalue weighted by Gasteiger charge is 2.07. The van der Waals surface area contributed by atoms with Crippen molar-refractivity contribution in [3.8, 4) is 0 Å². The quantitative estimate of drug-likeness (QED) is 0.884. The molecular weight excluding hydrogens is 268 g/mol. The number of hydrogen-bond donors (Lipinski definition) is 2. The van der Waals surface area contributed by atoms with Gasteiger partial charge in [0.2, 0.25) is 5.91 Å². The molecule has 5 heteroatoms. The lowest BCUT2D eigenvalue weighted by Gasteiger charge is -2.06. The summed E-state index contributed by atoms with van der Waals surface area (Å²) in [5.41, 5.74) is 2.70. The lowest BCUT2D eigenvalue weighted by Crippen LogP contribution is -2.13. The summed E-state index contributed by atoms with van der Waals surface area (Å²) >= 11 is 0. The largest absolute Gasteiger partial charge is 0.478 e. The van der Waals surface area contributed by atoms with Crippen LogP contribution >= 0.6 is 0 Å². The summed E-state index contributed by atoms with van der Waals surface area (Å²) in [5.74, 6) is -1.24. The van der Waals surface area contributed by atoms with Gasteiger partial charge in [-0.3, -0.25) is 9.78 Å². The summed E-state index contributed by atoms with van der Waals surface area (Å²) in [6.45, 7) is 2.01. The number of aromatic carboxylic acids is 1. The maximum Gasteiger partial charge on any atom is 0.337 e. The molecule has 0 aliphatic carbocycles. The van der Waals surface area contributed by atoms with Gasteiger partial charge in [-0.1, -0.05) is 29.8 Å². The lowest BCUT2D eigenvalue weighted by molar-refractivity contribution is -0.116. The minimum absolute atomic E-state index is 0.0477. The van der Waals surface area contributed by atoms with Crippen molar-refractivity contribution in [2.24, 2.45) is 0 Å². The molecule has 0 saturated carbocycles. The molecule has 1 heterocycles. The molecule has 1 amide bonds. The highest BCUT2D eigenvalue weighted by molar-refractivity contribution is 5.93. The normalized spacial score (nSPS) is 10.1. The summed E-state index contributed by atoms with van der Waals surface area (Å²) in [5, 5.41) is 11.5. The van der Waals surface area contributed by atoms with Crippen molar-refractivity contribution in [1.82, 2.24) is 4.98 Å². The van der Waals surface area contributed by atoms with E-state index >= 15 is 0 Å². The average Bonchev–Trinajstić information content (AvgIpc) is 2.45. The number of nitrogens with zero attached hydrogens (tertiary/aromatic N) is 1. The number of hydrogen-bond acceptors (Lipinski definition) is 3. The minimum atomic E-state index is -1.07. The fourth-order valence-electron chi connectivity index (χ4n) is 1.97. The summed E-state index contributed by atoms with van der Waals surface area (Å²) in [6.07, 6.45) is 3.64. The van der Waals surface area contributed by atoms with Gasteiger partial charge >= 0.3 is 5.97 Å². The highest BCUT2D eigenvalue weighted by atomic mass is 16.4. The maximum atomic E-state index is 11.9. The van der Waals surface area contributed by atoms with Gasteiger partial charge < -0.3 is 10.4 Å². The minimum Gasteiger partial charge on any atom is -0.478 e. The van der Waals surface area contributed by atoms with Gasteiger partial charge in [0.15, 0.2) is 0 Å². The van der Waals surface area contributed by atoms with Gasteiger partial charge in [0.25, 0.3) is 0 Å². The molecule has 0 spiro atoms. The molecule has 108 valence electrons. The zero-order valence-corrected chi connectivity index (χ0v) is 11.7. The summed E-state index contributed by atoms with van der Waals surface area (Å²) in [7, 11) is 0. The van der Waals surface area contributed by atoms with E-state index in [0.29, 0.717) is 18.5 Å². The fraction of sp³-hybridized carbons (Fsp3) is 0.188. The number of aromatic nitrogens is 1. The van der Waals surface area contributed by atoms with Crippen molar-refractivity contribution in [3.63, 3.8) is 0 Å². The lowest BCUT2D eigenvalue weighted by atomic mass is 10.1. The van der Waals surface area contributed by atoms with Crippen molar-refractivity contribution in [2.45, 2.75) is 19.8 Å². The molecule has 0 atom stereocenters. The Morgan fingerprint density at radius 2 is 2.05 bits per heavy atom. The third kappa shape index (κ3) is 4.42. The van der Waals surface area contributed by atoms with Crippen LogP contribution in [0.25, 0.3) is 0 Å². The molecular formula is C16H16N2O3. The van der Waals surface area contributed by atoms with E-state index in [9.17, 15) is 9.59 Å². The van der Waals surface area contributed by atoms with E-state index in [0.717, 1.165) is 11.1 Å². The van der Waals surface area contributed by atoms with Crippen LogP contribution in [0.2, 0.25) is 0 Å². The monoisotopic (exact) mass is 284 g/mol. The zero-order chi connectivity index (χ0) is 15.2. The molecule has 0 radical (unpaired) electrons. The Balaban J connectivity index is 1.93. The van der Waals surface area contributed by atoms with Crippen LogP contribution in [0.1, 0.15) is 27.9 Å². The molecule has 0 saturated heterocycles. The third-order valence-electron chi connectivity index (χ3n) is 2.99. The number of carboxylic acid groups (broad SMARTS) is 1. The van der Waals surface area contributed by atoms with Gasteiger partial charge in [-0.15, -0.1) is 0 Å². The first-order valence-electron chi connectivity index (χ1n) is 6.58. The Kier molecular flexibility index (Phi) is 4.66. The zero-order valence-electron chi connectivity index (χ0n) is 11.7. The molecule has 1 aromatic heterocycles. The molecule has 2 N–H and O–H groups in total. The number of amides is 1. The number of pyridine rings is 1. The predicted molar refractivity (Wildman–Crippen MR) is 79.3 cm³/mol. The Morgan fingerprint density at radius 3 is 2.76 bits per heavy atom. The molecule has 2 rings (SSSR count). The van der Waals surface area contributed by atoms with E-state index in [-0.39, 0.29) is 11.5 Å². The van der Waals surface area contributed by atoms with E-state index in [4.69, 9.17) is 5.11 Å². The van der Waals surface area contributed by atoms with Crippen LogP contribution < -0.4 is 5.32 Å². The number of benzene rings is 1. The van der Waals surface area contributed by atoms with Crippen LogP contribution in [0.5, 0.6) is 0 Å². The first-order valence-corrected chi connectivity index (χ1v) is 6.58. The first kappa shape index (κ1) is 14.7. The smallest absolute Gasteiger partial charge is 0.337 e. The van der Waals surface area contributed by atoms with Crippen molar-refractivity contribution in [2.75, 3.05) is 5.32 Å². The van der Waals surface area contributed by atoms with Gasteiger partial charge in [0, 0.05) is 12.6 Å². The van der Waals surface area contributed by atoms with E-state index in [1.165, 1.54) is 18.5 Å².